The highest BCUT2D eigenvalue weighted by Crippen LogP contribution is 2.25. The zero-order chi connectivity index (χ0) is 14.9. The van der Waals surface area contributed by atoms with Crippen molar-refractivity contribution >= 4 is 11.6 Å². The molecule has 1 amide bonds. The molecular weight excluding hydrogens is 278 g/mol. The molecule has 0 bridgehead atoms. The molecular formula is C16H25N5O. The number of likely N-dealkylation sites (tertiary alicyclic amines) is 2. The molecule has 6 heteroatoms. The summed E-state index contributed by atoms with van der Waals surface area (Å²) in [6.45, 7) is 7.96. The zero-order valence-electron chi connectivity index (χ0n) is 13.2. The number of rotatable bonds is 5. The van der Waals surface area contributed by atoms with Gasteiger partial charge in [-0.25, -0.2) is 0 Å². The number of anilines is 1. The minimum Gasteiger partial charge on any atom is -0.309 e. The van der Waals surface area contributed by atoms with E-state index in [1.54, 1.807) is 0 Å². The fraction of sp³-hybridized carbons (Fsp3) is 0.750. The molecule has 4 heterocycles. The average molecular weight is 303 g/mol. The van der Waals surface area contributed by atoms with Crippen molar-refractivity contribution in [2.45, 2.75) is 31.7 Å². The first-order chi connectivity index (χ1) is 10.8. The van der Waals surface area contributed by atoms with Crippen LogP contribution in [0, 0.1) is 0 Å². The highest BCUT2D eigenvalue weighted by atomic mass is 16.2. The van der Waals surface area contributed by atoms with E-state index in [0.717, 1.165) is 31.7 Å². The molecule has 120 valence electrons. The molecule has 0 radical (unpaired) electrons. The summed E-state index contributed by atoms with van der Waals surface area (Å²) in [6, 6.07) is 0.477. The first-order valence-corrected chi connectivity index (χ1v) is 8.59. The van der Waals surface area contributed by atoms with Crippen LogP contribution in [0.3, 0.4) is 0 Å². The van der Waals surface area contributed by atoms with Crippen molar-refractivity contribution in [3.05, 3.63) is 12.4 Å². The van der Waals surface area contributed by atoms with Gasteiger partial charge in [-0.2, -0.15) is 5.10 Å². The van der Waals surface area contributed by atoms with Crippen LogP contribution in [0.2, 0.25) is 0 Å². The lowest BCUT2D eigenvalue weighted by Crippen LogP contribution is -2.50. The predicted molar refractivity (Wildman–Crippen MR) is 85.0 cm³/mol. The second-order valence-corrected chi connectivity index (χ2v) is 6.79. The number of hydrogen-bond acceptors (Lipinski definition) is 4. The minimum absolute atomic E-state index is 0.236. The molecule has 3 saturated heterocycles. The van der Waals surface area contributed by atoms with Crippen molar-refractivity contribution in [2.75, 3.05) is 50.7 Å². The van der Waals surface area contributed by atoms with Crippen LogP contribution in [-0.4, -0.2) is 71.3 Å². The summed E-state index contributed by atoms with van der Waals surface area (Å²) in [5, 5.41) is 4.47. The van der Waals surface area contributed by atoms with Gasteiger partial charge in [0.25, 0.3) is 0 Å². The molecule has 3 fully saturated rings. The van der Waals surface area contributed by atoms with Gasteiger partial charge in [0.15, 0.2) is 0 Å². The summed E-state index contributed by atoms with van der Waals surface area (Å²) in [7, 11) is 0. The Labute approximate surface area is 131 Å². The largest absolute Gasteiger partial charge is 0.309 e. The van der Waals surface area contributed by atoms with E-state index in [2.05, 4.69) is 14.9 Å². The van der Waals surface area contributed by atoms with Crippen LogP contribution in [-0.2, 0) is 4.79 Å². The molecule has 1 aromatic heterocycles. The normalized spacial score (nSPS) is 24.4. The van der Waals surface area contributed by atoms with Gasteiger partial charge in [-0.15, -0.1) is 0 Å². The lowest BCUT2D eigenvalue weighted by molar-refractivity contribution is -0.117. The third-order valence-corrected chi connectivity index (χ3v) is 5.22. The average Bonchev–Trinajstić information content (AvgIpc) is 3.17. The molecule has 6 nitrogen and oxygen atoms in total. The molecule has 0 unspecified atom stereocenters. The van der Waals surface area contributed by atoms with E-state index in [4.69, 9.17) is 0 Å². The van der Waals surface area contributed by atoms with Gasteiger partial charge in [0.1, 0.15) is 0 Å². The predicted octanol–water partition coefficient (Wildman–Crippen LogP) is 0.962. The number of carbonyl (C=O) groups excluding carboxylic acids is 1. The molecule has 4 rings (SSSR count). The number of nitrogens with zero attached hydrogens (tertiary/aromatic N) is 5. The van der Waals surface area contributed by atoms with Gasteiger partial charge >= 0.3 is 0 Å². The van der Waals surface area contributed by atoms with Crippen LogP contribution in [0.5, 0.6) is 0 Å². The Hall–Kier alpha value is -1.40. The van der Waals surface area contributed by atoms with Crippen LogP contribution < -0.4 is 4.90 Å². The van der Waals surface area contributed by atoms with Crippen LogP contribution in [0.15, 0.2) is 12.4 Å². The third-order valence-electron chi connectivity index (χ3n) is 5.22. The van der Waals surface area contributed by atoms with Gasteiger partial charge < -0.3 is 9.80 Å². The minimum atomic E-state index is 0.236. The van der Waals surface area contributed by atoms with E-state index < -0.39 is 0 Å². The van der Waals surface area contributed by atoms with E-state index in [1.807, 2.05) is 22.0 Å². The van der Waals surface area contributed by atoms with Crippen LogP contribution >= 0.6 is 0 Å². The van der Waals surface area contributed by atoms with Crippen LogP contribution in [0.4, 0.5) is 5.69 Å². The Morgan fingerprint density at radius 1 is 1.05 bits per heavy atom. The number of hydrogen-bond donors (Lipinski definition) is 0. The van der Waals surface area contributed by atoms with Gasteiger partial charge in [0, 0.05) is 45.3 Å². The van der Waals surface area contributed by atoms with Crippen LogP contribution in [0.1, 0.15) is 31.7 Å². The van der Waals surface area contributed by atoms with Gasteiger partial charge in [-0.05, 0) is 32.4 Å². The maximum atomic E-state index is 11.8. The standard InChI is InChI=1S/C16H25N5O/c22-16-4-3-7-20(16)14-10-17-21(13-14)15-11-19(12-15)9-8-18-5-1-2-6-18/h10,13,15H,1-9,11-12H2. The lowest BCUT2D eigenvalue weighted by Gasteiger charge is -2.39. The summed E-state index contributed by atoms with van der Waals surface area (Å²) >= 11 is 0. The topological polar surface area (TPSA) is 44.6 Å². The Morgan fingerprint density at radius 3 is 2.55 bits per heavy atom. The van der Waals surface area contributed by atoms with Crippen molar-refractivity contribution in [2.24, 2.45) is 0 Å². The molecule has 0 spiro atoms. The van der Waals surface area contributed by atoms with Crippen molar-refractivity contribution in [3.63, 3.8) is 0 Å². The van der Waals surface area contributed by atoms with Crippen LogP contribution in [0.25, 0.3) is 0 Å². The fourth-order valence-corrected chi connectivity index (χ4v) is 3.77. The van der Waals surface area contributed by atoms with Crippen molar-refractivity contribution in [1.29, 1.82) is 0 Å². The fourth-order valence-electron chi connectivity index (χ4n) is 3.77. The van der Waals surface area contributed by atoms with Gasteiger partial charge in [-0.1, -0.05) is 0 Å². The van der Waals surface area contributed by atoms with Gasteiger partial charge in [-0.3, -0.25) is 14.4 Å². The second kappa shape index (κ2) is 6.01. The van der Waals surface area contributed by atoms with E-state index in [9.17, 15) is 4.79 Å². The van der Waals surface area contributed by atoms with E-state index in [1.165, 1.54) is 39.0 Å². The quantitative estimate of drug-likeness (QED) is 0.813. The monoisotopic (exact) mass is 303 g/mol. The van der Waals surface area contributed by atoms with Crippen molar-refractivity contribution < 1.29 is 4.79 Å². The highest BCUT2D eigenvalue weighted by molar-refractivity contribution is 5.95. The van der Waals surface area contributed by atoms with Gasteiger partial charge in [0.2, 0.25) is 5.91 Å². The molecule has 3 aliphatic rings. The smallest absolute Gasteiger partial charge is 0.227 e. The zero-order valence-corrected chi connectivity index (χ0v) is 13.2. The third kappa shape index (κ3) is 2.77. The highest BCUT2D eigenvalue weighted by Gasteiger charge is 2.30. The SMILES string of the molecule is O=C1CCCN1c1cnn(C2CN(CCN3CCCC3)C2)c1. The summed E-state index contributed by atoms with van der Waals surface area (Å²) in [4.78, 5) is 18.7. The molecule has 22 heavy (non-hydrogen) atoms. The number of carbonyl (C=O) groups is 1. The maximum Gasteiger partial charge on any atom is 0.227 e. The Balaban J connectivity index is 1.26. The maximum absolute atomic E-state index is 11.8. The Kier molecular flexibility index (Phi) is 3.88. The van der Waals surface area contributed by atoms with Crippen molar-refractivity contribution in [3.8, 4) is 0 Å². The first-order valence-electron chi connectivity index (χ1n) is 8.59. The molecule has 0 atom stereocenters. The summed E-state index contributed by atoms with van der Waals surface area (Å²) in [5.74, 6) is 0.236. The molecule has 1 aromatic rings. The Morgan fingerprint density at radius 2 is 1.82 bits per heavy atom. The molecule has 0 N–H and O–H groups in total. The number of amides is 1. The van der Waals surface area contributed by atoms with E-state index in [0.29, 0.717) is 12.5 Å². The molecule has 3 aliphatic heterocycles. The first kappa shape index (κ1) is 14.2. The summed E-state index contributed by atoms with van der Waals surface area (Å²) in [6.07, 6.45) is 8.28. The molecule has 0 saturated carbocycles. The Bertz CT molecular complexity index is 530. The number of aromatic nitrogens is 2. The summed E-state index contributed by atoms with van der Waals surface area (Å²) in [5.41, 5.74) is 0.970. The summed E-state index contributed by atoms with van der Waals surface area (Å²) < 4.78 is 2.05. The van der Waals surface area contributed by atoms with Gasteiger partial charge in [0.05, 0.1) is 17.9 Å². The van der Waals surface area contributed by atoms with E-state index in [-0.39, 0.29) is 5.91 Å². The molecule has 0 aliphatic carbocycles. The lowest BCUT2D eigenvalue weighted by atomic mass is 10.1. The van der Waals surface area contributed by atoms with E-state index >= 15 is 0 Å². The second-order valence-electron chi connectivity index (χ2n) is 6.79. The molecule has 0 aromatic carbocycles. The van der Waals surface area contributed by atoms with Crippen molar-refractivity contribution in [1.82, 2.24) is 19.6 Å².